The van der Waals surface area contributed by atoms with Crippen molar-refractivity contribution in [3.63, 3.8) is 0 Å². The predicted octanol–water partition coefficient (Wildman–Crippen LogP) is 2.50. The van der Waals surface area contributed by atoms with Gasteiger partial charge >= 0.3 is 5.97 Å². The number of anilines is 1. The SMILES string of the molecule is Cc1cc([N+](=O)[O-])ccc1NC(=O)COC(=O)c1ccc(S(=O)(=O)N2CC(C)OC(C)C2)cc1. The molecule has 2 unspecified atom stereocenters. The van der Waals surface area contributed by atoms with Gasteiger partial charge in [-0.25, -0.2) is 13.2 Å². The Morgan fingerprint density at radius 1 is 1.15 bits per heavy atom. The zero-order valence-corrected chi connectivity index (χ0v) is 19.7. The zero-order chi connectivity index (χ0) is 25.0. The minimum absolute atomic E-state index is 0.0386. The van der Waals surface area contributed by atoms with Crippen molar-refractivity contribution in [2.75, 3.05) is 25.0 Å². The summed E-state index contributed by atoms with van der Waals surface area (Å²) in [5, 5.41) is 13.3. The maximum Gasteiger partial charge on any atom is 0.338 e. The van der Waals surface area contributed by atoms with Crippen LogP contribution in [0, 0.1) is 17.0 Å². The van der Waals surface area contributed by atoms with Gasteiger partial charge in [0.25, 0.3) is 11.6 Å². The maximum absolute atomic E-state index is 12.9. The molecule has 3 rings (SSSR count). The molecule has 1 amide bonds. The molecule has 1 fully saturated rings. The van der Waals surface area contributed by atoms with Gasteiger partial charge < -0.3 is 14.8 Å². The highest BCUT2D eigenvalue weighted by Gasteiger charge is 2.32. The summed E-state index contributed by atoms with van der Waals surface area (Å²) in [5.41, 5.74) is 0.815. The summed E-state index contributed by atoms with van der Waals surface area (Å²) in [4.78, 5) is 34.7. The van der Waals surface area contributed by atoms with Gasteiger partial charge in [-0.3, -0.25) is 14.9 Å². The molecule has 1 heterocycles. The van der Waals surface area contributed by atoms with Crippen molar-refractivity contribution in [1.82, 2.24) is 4.31 Å². The molecule has 2 aromatic carbocycles. The number of rotatable bonds is 7. The van der Waals surface area contributed by atoms with Crippen LogP contribution in [0.1, 0.15) is 29.8 Å². The van der Waals surface area contributed by atoms with Gasteiger partial charge in [0, 0.05) is 30.9 Å². The molecular formula is C22H25N3O8S. The first kappa shape index (κ1) is 25.3. The average Bonchev–Trinajstić information content (AvgIpc) is 2.78. The number of nitrogens with zero attached hydrogens (tertiary/aromatic N) is 2. The summed E-state index contributed by atoms with van der Waals surface area (Å²) in [6.07, 6.45) is -0.456. The number of carbonyl (C=O) groups excluding carboxylic acids is 2. The summed E-state index contributed by atoms with van der Waals surface area (Å²) in [6.45, 7) is 5.09. The van der Waals surface area contributed by atoms with Gasteiger partial charge in [0.05, 0.1) is 27.6 Å². The van der Waals surface area contributed by atoms with Gasteiger partial charge in [-0.15, -0.1) is 0 Å². The van der Waals surface area contributed by atoms with Crippen LogP contribution in [0.3, 0.4) is 0 Å². The number of nitrogens with one attached hydrogen (secondary N) is 1. The van der Waals surface area contributed by atoms with E-state index in [1.807, 2.05) is 0 Å². The molecule has 0 bridgehead atoms. The minimum Gasteiger partial charge on any atom is -0.452 e. The Balaban J connectivity index is 1.58. The molecular weight excluding hydrogens is 466 g/mol. The summed E-state index contributed by atoms with van der Waals surface area (Å²) >= 11 is 0. The predicted molar refractivity (Wildman–Crippen MR) is 122 cm³/mol. The lowest BCUT2D eigenvalue weighted by molar-refractivity contribution is -0.384. The molecule has 0 saturated carbocycles. The van der Waals surface area contributed by atoms with E-state index in [1.54, 1.807) is 20.8 Å². The Hall–Kier alpha value is -3.35. The van der Waals surface area contributed by atoms with Crippen LogP contribution in [0.4, 0.5) is 11.4 Å². The minimum atomic E-state index is -3.75. The number of hydrogen-bond acceptors (Lipinski definition) is 8. The number of ether oxygens (including phenoxy) is 2. The molecule has 1 aliphatic heterocycles. The van der Waals surface area contributed by atoms with Gasteiger partial charge in [-0.2, -0.15) is 4.31 Å². The largest absolute Gasteiger partial charge is 0.452 e. The summed E-state index contributed by atoms with van der Waals surface area (Å²) in [7, 11) is -3.75. The van der Waals surface area contributed by atoms with Crippen molar-refractivity contribution in [2.24, 2.45) is 0 Å². The molecule has 12 heteroatoms. The first-order chi connectivity index (χ1) is 16.0. The molecule has 1 N–H and O–H groups in total. The normalized spacial score (nSPS) is 18.8. The van der Waals surface area contributed by atoms with E-state index in [-0.39, 0.29) is 41.4 Å². The van der Waals surface area contributed by atoms with E-state index >= 15 is 0 Å². The third-order valence-electron chi connectivity index (χ3n) is 5.14. The molecule has 0 radical (unpaired) electrons. The molecule has 11 nitrogen and oxygen atoms in total. The number of nitro benzene ring substituents is 1. The van der Waals surface area contributed by atoms with Crippen molar-refractivity contribution >= 4 is 33.3 Å². The van der Waals surface area contributed by atoms with Crippen LogP contribution in [-0.2, 0) is 24.3 Å². The fourth-order valence-corrected chi connectivity index (χ4v) is 5.13. The highest BCUT2D eigenvalue weighted by Crippen LogP contribution is 2.22. The Kier molecular flexibility index (Phi) is 7.64. The summed E-state index contributed by atoms with van der Waals surface area (Å²) < 4.78 is 37.7. The smallest absolute Gasteiger partial charge is 0.338 e. The van der Waals surface area contributed by atoms with Crippen molar-refractivity contribution in [3.8, 4) is 0 Å². The molecule has 182 valence electrons. The number of morpholine rings is 1. The maximum atomic E-state index is 12.9. The number of non-ortho nitro benzene ring substituents is 1. The second-order valence-corrected chi connectivity index (χ2v) is 9.92. The Morgan fingerprint density at radius 3 is 2.32 bits per heavy atom. The van der Waals surface area contributed by atoms with E-state index in [0.717, 1.165) is 0 Å². The monoisotopic (exact) mass is 491 g/mol. The van der Waals surface area contributed by atoms with Gasteiger partial charge in [-0.1, -0.05) is 0 Å². The lowest BCUT2D eigenvalue weighted by atomic mass is 10.2. The fourth-order valence-electron chi connectivity index (χ4n) is 3.54. The summed E-state index contributed by atoms with van der Waals surface area (Å²) in [5.74, 6) is -1.42. The van der Waals surface area contributed by atoms with Gasteiger partial charge in [-0.05, 0) is 56.7 Å². The zero-order valence-electron chi connectivity index (χ0n) is 18.9. The number of benzene rings is 2. The molecule has 1 aliphatic rings. The van der Waals surface area contributed by atoms with E-state index in [1.165, 1.54) is 46.8 Å². The van der Waals surface area contributed by atoms with Crippen LogP contribution in [0.2, 0.25) is 0 Å². The summed E-state index contributed by atoms with van der Waals surface area (Å²) in [6, 6.07) is 9.23. The van der Waals surface area contributed by atoms with Crippen molar-refractivity contribution in [1.29, 1.82) is 0 Å². The molecule has 0 aliphatic carbocycles. The first-order valence-electron chi connectivity index (χ1n) is 10.4. The molecule has 2 aromatic rings. The topological polar surface area (TPSA) is 145 Å². The van der Waals surface area contributed by atoms with E-state index in [4.69, 9.17) is 9.47 Å². The number of hydrogen-bond donors (Lipinski definition) is 1. The molecule has 0 spiro atoms. The van der Waals surface area contributed by atoms with E-state index < -0.39 is 33.4 Å². The van der Waals surface area contributed by atoms with Gasteiger partial charge in [0.2, 0.25) is 10.0 Å². The van der Waals surface area contributed by atoms with Crippen LogP contribution in [0.25, 0.3) is 0 Å². The Labute approximate surface area is 196 Å². The first-order valence-corrected chi connectivity index (χ1v) is 11.9. The lowest BCUT2D eigenvalue weighted by Crippen LogP contribution is -2.48. The van der Waals surface area contributed by atoms with Crippen LogP contribution < -0.4 is 5.32 Å². The highest BCUT2D eigenvalue weighted by molar-refractivity contribution is 7.89. The van der Waals surface area contributed by atoms with Crippen molar-refractivity contribution < 1.29 is 32.4 Å². The second kappa shape index (κ2) is 10.3. The van der Waals surface area contributed by atoms with Crippen molar-refractivity contribution in [3.05, 3.63) is 63.7 Å². The fraction of sp³-hybridized carbons (Fsp3) is 0.364. The van der Waals surface area contributed by atoms with E-state index in [0.29, 0.717) is 11.3 Å². The van der Waals surface area contributed by atoms with Crippen LogP contribution in [0.15, 0.2) is 47.4 Å². The van der Waals surface area contributed by atoms with Crippen LogP contribution >= 0.6 is 0 Å². The Bertz CT molecular complexity index is 1190. The molecule has 0 aromatic heterocycles. The van der Waals surface area contributed by atoms with Crippen LogP contribution in [0.5, 0.6) is 0 Å². The number of sulfonamides is 1. The second-order valence-electron chi connectivity index (χ2n) is 7.98. The van der Waals surface area contributed by atoms with Gasteiger partial charge in [0.1, 0.15) is 0 Å². The highest BCUT2D eigenvalue weighted by atomic mass is 32.2. The van der Waals surface area contributed by atoms with E-state index in [2.05, 4.69) is 5.32 Å². The molecule has 2 atom stereocenters. The van der Waals surface area contributed by atoms with E-state index in [9.17, 15) is 28.1 Å². The van der Waals surface area contributed by atoms with Gasteiger partial charge in [0.15, 0.2) is 6.61 Å². The quantitative estimate of drug-likeness (QED) is 0.353. The number of esters is 1. The van der Waals surface area contributed by atoms with Crippen molar-refractivity contribution in [2.45, 2.75) is 37.9 Å². The third-order valence-corrected chi connectivity index (χ3v) is 6.99. The van der Waals surface area contributed by atoms with Crippen LogP contribution in [-0.4, -0.2) is 61.4 Å². The third kappa shape index (κ3) is 5.95. The number of carbonyl (C=O) groups is 2. The Morgan fingerprint density at radius 2 is 1.76 bits per heavy atom. The number of nitro groups is 1. The average molecular weight is 492 g/mol. The lowest BCUT2D eigenvalue weighted by Gasteiger charge is -2.34. The number of aryl methyl sites for hydroxylation is 1. The number of amides is 1. The molecule has 1 saturated heterocycles. The molecule has 34 heavy (non-hydrogen) atoms. The standard InChI is InChI=1S/C22H25N3O8S/c1-14-10-18(25(28)29)6-9-20(14)23-21(26)13-32-22(27)17-4-7-19(8-5-17)34(30,31)24-11-15(2)33-16(3)12-24/h4-10,15-16H,11-13H2,1-3H3,(H,23,26).